The van der Waals surface area contributed by atoms with Crippen molar-refractivity contribution in [1.82, 2.24) is 0 Å². The van der Waals surface area contributed by atoms with Gasteiger partial charge in [-0.2, -0.15) is 0 Å². The molecule has 1 rings (SSSR count). The van der Waals surface area contributed by atoms with Crippen LogP contribution >= 0.6 is 11.8 Å². The zero-order valence-corrected chi connectivity index (χ0v) is 11.0. The Morgan fingerprint density at radius 3 is 0.933 bits per heavy atom. The summed E-state index contributed by atoms with van der Waals surface area (Å²) >= 11 is 1.50. The predicted octanol–water partition coefficient (Wildman–Crippen LogP) is 2.05. The topological polar surface area (TPSA) is 59.7 Å². The average molecular weight is 306 g/mol. The van der Waals surface area contributed by atoms with E-state index in [1.165, 1.54) is 11.8 Å². The smallest absolute Gasteiger partial charge is 0 e. The molecule has 0 saturated heterocycles. The maximum Gasteiger partial charge on any atom is 0 e. The average Bonchev–Trinajstić information content (AvgIpc) is 2.85. The molecule has 0 amide bonds. The van der Waals surface area contributed by atoms with Crippen molar-refractivity contribution < 1.29 is 35.0 Å². The number of thioether (sulfide) groups is 1. The van der Waals surface area contributed by atoms with Gasteiger partial charge >= 0.3 is 33.9 Å². The number of rotatable bonds is 0. The van der Waals surface area contributed by atoms with E-state index < -0.39 is 0 Å². The Balaban J connectivity index is -0.0000000299. The fourth-order valence-electron chi connectivity index (χ4n) is 0.321. The summed E-state index contributed by atoms with van der Waals surface area (Å²) in [5.41, 5.74) is 0. The SMILES string of the molecule is [C-]#[O+].[C-]#[O+].[C-]#[O+].[CH2-]SC.[CH]1[CH][CH][CH][CH]1.[Mo]. The molecule has 1 aliphatic rings. The molecule has 0 heterocycles. The van der Waals surface area contributed by atoms with Crippen molar-refractivity contribution in [2.24, 2.45) is 0 Å². The Labute approximate surface area is 111 Å². The minimum atomic E-state index is 0. The summed E-state index contributed by atoms with van der Waals surface area (Å²) in [7, 11) is 0. The van der Waals surface area contributed by atoms with E-state index in [9.17, 15) is 0 Å². The van der Waals surface area contributed by atoms with Crippen molar-refractivity contribution in [2.75, 3.05) is 6.26 Å². The van der Waals surface area contributed by atoms with Gasteiger partial charge in [0.05, 0.1) is 0 Å². The van der Waals surface area contributed by atoms with Crippen molar-refractivity contribution in [3.05, 3.63) is 58.3 Å². The van der Waals surface area contributed by atoms with Crippen LogP contribution in [-0.4, -0.2) is 6.26 Å². The van der Waals surface area contributed by atoms with E-state index in [4.69, 9.17) is 14.0 Å². The van der Waals surface area contributed by atoms with E-state index in [2.05, 4.69) is 26.2 Å². The first-order valence-corrected chi connectivity index (χ1v) is 4.37. The van der Waals surface area contributed by atoms with Gasteiger partial charge in [0.2, 0.25) is 0 Å². The van der Waals surface area contributed by atoms with Gasteiger partial charge in [0.1, 0.15) is 0 Å². The molecule has 1 saturated carbocycles. The van der Waals surface area contributed by atoms with E-state index in [1.807, 2.05) is 38.4 Å². The number of hydrogen-bond acceptors (Lipinski definition) is 1. The molecule has 0 spiro atoms. The Morgan fingerprint density at radius 2 is 0.867 bits per heavy atom. The minimum Gasteiger partial charge on any atom is -0.357 e. The minimum absolute atomic E-state index is 0. The predicted molar refractivity (Wildman–Crippen MR) is 52.2 cm³/mol. The second kappa shape index (κ2) is 64.0. The van der Waals surface area contributed by atoms with Crippen molar-refractivity contribution in [2.45, 2.75) is 0 Å². The molecule has 0 unspecified atom stereocenters. The molecular formula is C10H10MoO3S-. The van der Waals surface area contributed by atoms with Crippen LogP contribution in [0, 0.1) is 58.3 Å². The summed E-state index contributed by atoms with van der Waals surface area (Å²) in [4.78, 5) is 0. The summed E-state index contributed by atoms with van der Waals surface area (Å²) in [6.07, 6.45) is 15.3. The molecule has 0 aromatic carbocycles. The van der Waals surface area contributed by atoms with Crippen LogP contribution in [0.15, 0.2) is 0 Å². The van der Waals surface area contributed by atoms with Crippen LogP contribution in [0.2, 0.25) is 0 Å². The van der Waals surface area contributed by atoms with Gasteiger partial charge in [-0.25, -0.2) is 0 Å². The van der Waals surface area contributed by atoms with Crippen LogP contribution in [0.4, 0.5) is 0 Å². The van der Waals surface area contributed by atoms with E-state index in [0.717, 1.165) is 0 Å². The zero-order valence-electron chi connectivity index (χ0n) is 8.14. The van der Waals surface area contributed by atoms with Crippen LogP contribution in [0.1, 0.15) is 0 Å². The summed E-state index contributed by atoms with van der Waals surface area (Å²) in [6, 6.07) is 0. The molecular weight excluding hydrogens is 296 g/mol. The summed E-state index contributed by atoms with van der Waals surface area (Å²) < 4.78 is 22.5. The van der Waals surface area contributed by atoms with Crippen LogP contribution in [0.25, 0.3) is 0 Å². The quantitative estimate of drug-likeness (QED) is 0.384. The van der Waals surface area contributed by atoms with Gasteiger partial charge in [0.25, 0.3) is 0 Å². The van der Waals surface area contributed by atoms with Gasteiger partial charge < -0.3 is 11.8 Å². The van der Waals surface area contributed by atoms with Crippen LogP contribution in [0.5, 0.6) is 0 Å². The fourth-order valence-corrected chi connectivity index (χ4v) is 0.321. The van der Waals surface area contributed by atoms with Crippen molar-refractivity contribution in [3.8, 4) is 0 Å². The molecule has 0 bridgehead atoms. The first kappa shape index (κ1) is 29.5. The van der Waals surface area contributed by atoms with Crippen LogP contribution in [0.3, 0.4) is 0 Å². The largest absolute Gasteiger partial charge is 0.357 e. The maximum atomic E-state index is 7.50. The summed E-state index contributed by atoms with van der Waals surface area (Å²) in [5.74, 6) is 0. The molecule has 81 valence electrons. The first-order chi connectivity index (χ1) is 6.91. The normalized spacial score (nSPS) is 9.60. The zero-order chi connectivity index (χ0) is 12.2. The molecule has 1 fully saturated rings. The molecule has 5 radical (unpaired) electrons. The van der Waals surface area contributed by atoms with Gasteiger partial charge in [-0.3, -0.25) is 6.26 Å². The van der Waals surface area contributed by atoms with Gasteiger partial charge in [-0.05, 0) is 38.4 Å². The van der Waals surface area contributed by atoms with Crippen molar-refractivity contribution >= 4 is 11.8 Å². The molecule has 0 atom stereocenters. The summed E-state index contributed by atoms with van der Waals surface area (Å²) in [6.45, 7) is 13.5. The summed E-state index contributed by atoms with van der Waals surface area (Å²) in [5, 5.41) is 0. The van der Waals surface area contributed by atoms with Gasteiger partial charge in [0.15, 0.2) is 0 Å². The molecule has 5 heteroatoms. The second-order valence-corrected chi connectivity index (χ2v) is 1.83. The van der Waals surface area contributed by atoms with E-state index in [1.54, 1.807) is 0 Å². The van der Waals surface area contributed by atoms with Crippen LogP contribution in [-0.2, 0) is 35.0 Å². The molecule has 0 aromatic heterocycles. The third-order valence-electron chi connectivity index (χ3n) is 0.556. The van der Waals surface area contributed by atoms with Crippen molar-refractivity contribution in [1.29, 1.82) is 0 Å². The fraction of sp³-hybridized carbons (Fsp3) is 0.100. The number of hydrogen-bond donors (Lipinski definition) is 0. The molecule has 1 aliphatic carbocycles. The Morgan fingerprint density at radius 1 is 0.800 bits per heavy atom. The molecule has 0 aliphatic heterocycles. The Bertz CT molecular complexity index is 97.7. The van der Waals surface area contributed by atoms with Crippen molar-refractivity contribution in [3.63, 3.8) is 0 Å². The van der Waals surface area contributed by atoms with E-state index in [-0.39, 0.29) is 21.1 Å². The van der Waals surface area contributed by atoms with E-state index >= 15 is 0 Å². The maximum absolute atomic E-state index is 7.50. The molecule has 15 heavy (non-hydrogen) atoms. The monoisotopic (exact) mass is 308 g/mol. The molecule has 0 N–H and O–H groups in total. The third-order valence-corrected chi connectivity index (χ3v) is 0.556. The van der Waals surface area contributed by atoms with Gasteiger partial charge in [0, 0.05) is 21.1 Å². The molecule has 0 aromatic rings. The standard InChI is InChI=1S/C5H5.C2H5S.3CO.Mo/c1-2-4-5-3-1;1-3-2;3*1-2;/h1-5H;1H2,2H3;;;;/q;-1;;;;. The van der Waals surface area contributed by atoms with Gasteiger partial charge in [-0.15, -0.1) is 0 Å². The first-order valence-electron chi connectivity index (χ1n) is 2.98. The third kappa shape index (κ3) is 77.5. The molecule has 3 nitrogen and oxygen atoms in total. The Hall–Kier alpha value is 0.258. The van der Waals surface area contributed by atoms with Gasteiger partial charge in [-0.1, -0.05) is 0 Å². The van der Waals surface area contributed by atoms with Crippen LogP contribution < -0.4 is 0 Å². The van der Waals surface area contributed by atoms with E-state index in [0.29, 0.717) is 0 Å². The Kier molecular flexibility index (Phi) is 126. The second-order valence-electron chi connectivity index (χ2n) is 1.25.